The Hall–Kier alpha value is -0.660. The molecule has 6 nitrogen and oxygen atoms in total. The summed E-state index contributed by atoms with van der Waals surface area (Å²) in [6.07, 6.45) is -0.0965. The largest absolute Gasteiger partial charge is 0.350 e. The summed E-state index contributed by atoms with van der Waals surface area (Å²) >= 11 is 0. The predicted octanol–water partition coefficient (Wildman–Crippen LogP) is -0.494. The van der Waals surface area contributed by atoms with Crippen LogP contribution in [-0.4, -0.2) is 36.2 Å². The van der Waals surface area contributed by atoms with Gasteiger partial charge in [0.2, 0.25) is 5.91 Å². The van der Waals surface area contributed by atoms with Crippen LogP contribution in [-0.2, 0) is 14.9 Å². The molecule has 0 spiro atoms. The van der Waals surface area contributed by atoms with E-state index >= 15 is 0 Å². The number of amides is 1. The molecule has 0 heterocycles. The first-order valence-electron chi connectivity index (χ1n) is 4.54. The quantitative estimate of drug-likeness (QED) is 0.572. The standard InChI is InChI=1S/C8H18N2O4S/c1-8(2,3)10-7(11)6(9)4-5-15(12,13)14/h6H,4-5,9H2,1-3H3,(H,10,11)(H,12,13,14). The average Bonchev–Trinajstić information content (AvgIpc) is 1.95. The van der Waals surface area contributed by atoms with E-state index < -0.39 is 33.4 Å². The summed E-state index contributed by atoms with van der Waals surface area (Å²) in [4.78, 5) is 11.4. The Labute approximate surface area is 90.0 Å². The van der Waals surface area contributed by atoms with Crippen molar-refractivity contribution in [3.8, 4) is 0 Å². The number of carbonyl (C=O) groups is 1. The lowest BCUT2D eigenvalue weighted by molar-refractivity contribution is -0.123. The van der Waals surface area contributed by atoms with Gasteiger partial charge in [-0.2, -0.15) is 8.42 Å². The first kappa shape index (κ1) is 14.3. The van der Waals surface area contributed by atoms with Gasteiger partial charge in [0.25, 0.3) is 10.1 Å². The normalized spacial score (nSPS) is 14.7. The molecular formula is C8H18N2O4S. The summed E-state index contributed by atoms with van der Waals surface area (Å²) in [6.45, 7) is 5.38. The van der Waals surface area contributed by atoms with Crippen LogP contribution in [0.25, 0.3) is 0 Å². The van der Waals surface area contributed by atoms with Crippen LogP contribution in [0.2, 0.25) is 0 Å². The second-order valence-electron chi connectivity index (χ2n) is 4.42. The molecule has 15 heavy (non-hydrogen) atoms. The zero-order valence-electron chi connectivity index (χ0n) is 9.15. The molecule has 0 aromatic carbocycles. The summed E-state index contributed by atoms with van der Waals surface area (Å²) in [6, 6.07) is -0.925. The predicted molar refractivity (Wildman–Crippen MR) is 56.9 cm³/mol. The van der Waals surface area contributed by atoms with Gasteiger partial charge in [-0.3, -0.25) is 9.35 Å². The van der Waals surface area contributed by atoms with E-state index in [1.807, 2.05) is 0 Å². The Balaban J connectivity index is 4.12. The van der Waals surface area contributed by atoms with Crippen LogP contribution < -0.4 is 11.1 Å². The summed E-state index contributed by atoms with van der Waals surface area (Å²) in [5.74, 6) is -0.933. The Kier molecular flexibility index (Phi) is 4.69. The summed E-state index contributed by atoms with van der Waals surface area (Å²) in [5.41, 5.74) is 5.03. The average molecular weight is 238 g/mol. The third kappa shape index (κ3) is 8.34. The first-order chi connectivity index (χ1) is 6.51. The summed E-state index contributed by atoms with van der Waals surface area (Å²) in [5, 5.41) is 2.61. The molecule has 0 saturated carbocycles. The van der Waals surface area contributed by atoms with E-state index in [1.165, 1.54) is 0 Å². The molecule has 7 heteroatoms. The van der Waals surface area contributed by atoms with Crippen LogP contribution in [0.5, 0.6) is 0 Å². The van der Waals surface area contributed by atoms with Gasteiger partial charge in [-0.25, -0.2) is 0 Å². The van der Waals surface area contributed by atoms with E-state index in [0.717, 1.165) is 0 Å². The Morgan fingerprint density at radius 2 is 1.93 bits per heavy atom. The Morgan fingerprint density at radius 3 is 2.27 bits per heavy atom. The fraction of sp³-hybridized carbons (Fsp3) is 0.875. The molecule has 0 aromatic rings. The lowest BCUT2D eigenvalue weighted by Crippen LogP contribution is -2.49. The summed E-state index contributed by atoms with van der Waals surface area (Å²) < 4.78 is 29.3. The molecule has 0 fully saturated rings. The maximum atomic E-state index is 11.4. The van der Waals surface area contributed by atoms with Gasteiger partial charge < -0.3 is 11.1 Å². The van der Waals surface area contributed by atoms with Crippen molar-refractivity contribution >= 4 is 16.0 Å². The third-order valence-corrected chi connectivity index (χ3v) is 2.27. The van der Waals surface area contributed by atoms with Gasteiger partial charge in [0.1, 0.15) is 0 Å². The molecule has 0 saturated heterocycles. The number of hydrogen-bond acceptors (Lipinski definition) is 4. The highest BCUT2D eigenvalue weighted by atomic mass is 32.2. The van der Waals surface area contributed by atoms with Gasteiger partial charge in [-0.1, -0.05) is 0 Å². The third-order valence-electron chi connectivity index (χ3n) is 1.52. The molecule has 1 amide bonds. The second kappa shape index (κ2) is 4.91. The van der Waals surface area contributed by atoms with Crippen molar-refractivity contribution in [1.29, 1.82) is 0 Å². The van der Waals surface area contributed by atoms with Crippen molar-refractivity contribution in [2.24, 2.45) is 5.73 Å². The number of rotatable bonds is 4. The topological polar surface area (TPSA) is 109 Å². The van der Waals surface area contributed by atoms with Gasteiger partial charge in [0, 0.05) is 5.54 Å². The molecule has 0 aliphatic heterocycles. The smallest absolute Gasteiger partial charge is 0.264 e. The van der Waals surface area contributed by atoms with E-state index in [0.29, 0.717) is 0 Å². The summed E-state index contributed by atoms with van der Waals surface area (Å²) in [7, 11) is -4.06. The number of hydrogen-bond donors (Lipinski definition) is 3. The monoisotopic (exact) mass is 238 g/mol. The molecule has 0 aromatic heterocycles. The fourth-order valence-electron chi connectivity index (χ4n) is 0.869. The molecular weight excluding hydrogens is 220 g/mol. The van der Waals surface area contributed by atoms with E-state index in [2.05, 4.69) is 5.32 Å². The zero-order valence-corrected chi connectivity index (χ0v) is 9.97. The van der Waals surface area contributed by atoms with Crippen LogP contribution in [0.1, 0.15) is 27.2 Å². The maximum absolute atomic E-state index is 11.4. The minimum Gasteiger partial charge on any atom is -0.350 e. The van der Waals surface area contributed by atoms with Crippen molar-refractivity contribution in [3.63, 3.8) is 0 Å². The molecule has 1 unspecified atom stereocenters. The highest BCUT2D eigenvalue weighted by Crippen LogP contribution is 2.01. The van der Waals surface area contributed by atoms with Gasteiger partial charge in [0.05, 0.1) is 11.8 Å². The van der Waals surface area contributed by atoms with Crippen LogP contribution in [0, 0.1) is 0 Å². The van der Waals surface area contributed by atoms with Crippen molar-refractivity contribution in [1.82, 2.24) is 5.32 Å². The first-order valence-corrected chi connectivity index (χ1v) is 6.15. The number of nitrogens with one attached hydrogen (secondary N) is 1. The van der Waals surface area contributed by atoms with Crippen LogP contribution in [0.4, 0.5) is 0 Å². The second-order valence-corrected chi connectivity index (χ2v) is 5.99. The van der Waals surface area contributed by atoms with Gasteiger partial charge in [-0.05, 0) is 27.2 Å². The van der Waals surface area contributed by atoms with Crippen molar-refractivity contribution in [3.05, 3.63) is 0 Å². The fourth-order valence-corrected chi connectivity index (χ4v) is 1.42. The van der Waals surface area contributed by atoms with Crippen LogP contribution >= 0.6 is 0 Å². The zero-order chi connectivity index (χ0) is 12.3. The lowest BCUT2D eigenvalue weighted by atomic mass is 10.1. The van der Waals surface area contributed by atoms with E-state index in [1.54, 1.807) is 20.8 Å². The molecule has 1 atom stereocenters. The van der Waals surface area contributed by atoms with Crippen molar-refractivity contribution in [2.75, 3.05) is 5.75 Å². The minimum absolute atomic E-state index is 0.0965. The number of nitrogens with two attached hydrogens (primary N) is 1. The molecule has 0 aliphatic carbocycles. The van der Waals surface area contributed by atoms with Gasteiger partial charge in [0.15, 0.2) is 0 Å². The maximum Gasteiger partial charge on any atom is 0.264 e. The van der Waals surface area contributed by atoms with E-state index in [-0.39, 0.29) is 6.42 Å². The lowest BCUT2D eigenvalue weighted by Gasteiger charge is -2.22. The Bertz CT molecular complexity index is 318. The van der Waals surface area contributed by atoms with Gasteiger partial charge >= 0.3 is 0 Å². The molecule has 0 aliphatic rings. The van der Waals surface area contributed by atoms with E-state index in [4.69, 9.17) is 10.3 Å². The molecule has 0 radical (unpaired) electrons. The van der Waals surface area contributed by atoms with E-state index in [9.17, 15) is 13.2 Å². The van der Waals surface area contributed by atoms with Crippen molar-refractivity contribution in [2.45, 2.75) is 38.8 Å². The molecule has 4 N–H and O–H groups in total. The molecule has 90 valence electrons. The van der Waals surface area contributed by atoms with Gasteiger partial charge in [-0.15, -0.1) is 0 Å². The Morgan fingerprint density at radius 1 is 1.47 bits per heavy atom. The molecule has 0 bridgehead atoms. The SMILES string of the molecule is CC(C)(C)NC(=O)C(N)CCS(=O)(=O)O. The minimum atomic E-state index is -4.06. The highest BCUT2D eigenvalue weighted by molar-refractivity contribution is 7.85. The highest BCUT2D eigenvalue weighted by Gasteiger charge is 2.20. The molecule has 0 rings (SSSR count). The van der Waals surface area contributed by atoms with Crippen LogP contribution in [0.3, 0.4) is 0 Å². The van der Waals surface area contributed by atoms with Crippen LogP contribution in [0.15, 0.2) is 0 Å². The van der Waals surface area contributed by atoms with Crippen molar-refractivity contribution < 1.29 is 17.8 Å². The number of carbonyl (C=O) groups excluding carboxylic acids is 1.